The van der Waals surface area contributed by atoms with Crippen molar-refractivity contribution < 1.29 is 9.05 Å². The molecule has 5 nitrogen and oxygen atoms in total. The molecule has 13 heavy (non-hydrogen) atoms. The Kier molecular flexibility index (Phi) is 1.84. The van der Waals surface area contributed by atoms with Crippen LogP contribution in [0.5, 0.6) is 0 Å². The van der Waals surface area contributed by atoms with Gasteiger partial charge in [0, 0.05) is 12.5 Å². The molecule has 0 fully saturated rings. The Morgan fingerprint density at radius 2 is 2.15 bits per heavy atom. The summed E-state index contributed by atoms with van der Waals surface area (Å²) in [5, 5.41) is 7.47. The minimum absolute atomic E-state index is 0.387. The fraction of sp³-hybridized carbons (Fsp3) is 0.375. The summed E-state index contributed by atoms with van der Waals surface area (Å²) in [6.07, 6.45) is 0.747. The van der Waals surface area contributed by atoms with E-state index in [1.165, 1.54) is 0 Å². The molecule has 0 radical (unpaired) electrons. The van der Waals surface area contributed by atoms with Crippen molar-refractivity contribution in [3.8, 4) is 11.7 Å². The molecular weight excluding hydrogens is 170 g/mol. The van der Waals surface area contributed by atoms with Crippen LogP contribution in [-0.2, 0) is 6.42 Å². The van der Waals surface area contributed by atoms with Crippen LogP contribution in [0.1, 0.15) is 18.4 Å². The Morgan fingerprint density at radius 1 is 1.31 bits per heavy atom. The van der Waals surface area contributed by atoms with Gasteiger partial charge in [0.25, 0.3) is 5.89 Å². The molecule has 0 saturated heterocycles. The normalized spacial score (nSPS) is 10.6. The van der Waals surface area contributed by atoms with E-state index >= 15 is 0 Å². The molecule has 0 aliphatic rings. The van der Waals surface area contributed by atoms with E-state index in [4.69, 9.17) is 9.05 Å². The molecule has 0 saturated carbocycles. The second kappa shape index (κ2) is 3.01. The molecule has 0 aromatic carbocycles. The minimum atomic E-state index is 0.387. The number of aryl methyl sites for hydroxylation is 2. The molecule has 0 spiro atoms. The van der Waals surface area contributed by atoms with E-state index in [-0.39, 0.29) is 0 Å². The highest BCUT2D eigenvalue weighted by Crippen LogP contribution is 2.17. The van der Waals surface area contributed by atoms with Gasteiger partial charge in [0.2, 0.25) is 5.76 Å². The van der Waals surface area contributed by atoms with Gasteiger partial charge in [-0.1, -0.05) is 17.2 Å². The predicted molar refractivity (Wildman–Crippen MR) is 43.9 cm³/mol. The maximum atomic E-state index is 4.96. The number of nitrogens with zero attached hydrogens (tertiary/aromatic N) is 3. The maximum Gasteiger partial charge on any atom is 0.296 e. The summed E-state index contributed by atoms with van der Waals surface area (Å²) in [4.78, 5) is 4.10. The Bertz CT molecular complexity index is 405. The molecule has 2 heterocycles. The van der Waals surface area contributed by atoms with Crippen molar-refractivity contribution in [3.05, 3.63) is 17.6 Å². The minimum Gasteiger partial charge on any atom is -0.351 e. The molecule has 2 aromatic rings. The Balaban J connectivity index is 2.35. The summed E-state index contributed by atoms with van der Waals surface area (Å²) in [6, 6.07) is 1.76. The van der Waals surface area contributed by atoms with Crippen LogP contribution in [0.15, 0.2) is 15.1 Å². The maximum absolute atomic E-state index is 4.96. The van der Waals surface area contributed by atoms with Crippen LogP contribution in [0.3, 0.4) is 0 Å². The molecule has 0 amide bonds. The van der Waals surface area contributed by atoms with Gasteiger partial charge in [0.15, 0.2) is 5.82 Å². The third kappa shape index (κ3) is 1.44. The predicted octanol–water partition coefficient (Wildman–Crippen LogP) is 1.60. The molecule has 68 valence electrons. The van der Waals surface area contributed by atoms with Crippen LogP contribution >= 0.6 is 0 Å². The highest BCUT2D eigenvalue weighted by Gasteiger charge is 2.11. The Labute approximate surface area is 74.7 Å². The van der Waals surface area contributed by atoms with Crippen molar-refractivity contribution in [2.75, 3.05) is 0 Å². The summed E-state index contributed by atoms with van der Waals surface area (Å²) in [5.74, 6) is 1.58. The van der Waals surface area contributed by atoms with E-state index in [0.717, 1.165) is 12.1 Å². The highest BCUT2D eigenvalue weighted by atomic mass is 16.5. The van der Waals surface area contributed by atoms with Crippen molar-refractivity contribution in [2.45, 2.75) is 20.3 Å². The largest absolute Gasteiger partial charge is 0.351 e. The van der Waals surface area contributed by atoms with Gasteiger partial charge in [-0.15, -0.1) is 0 Å². The topological polar surface area (TPSA) is 65.0 Å². The smallest absolute Gasteiger partial charge is 0.296 e. The van der Waals surface area contributed by atoms with Crippen molar-refractivity contribution in [2.24, 2.45) is 0 Å². The lowest BCUT2D eigenvalue weighted by Crippen LogP contribution is -1.81. The summed E-state index contributed by atoms with van der Waals surface area (Å²) in [7, 11) is 0. The van der Waals surface area contributed by atoms with Gasteiger partial charge in [-0.25, -0.2) is 0 Å². The van der Waals surface area contributed by atoms with Crippen molar-refractivity contribution in [1.29, 1.82) is 0 Å². The van der Waals surface area contributed by atoms with Crippen LogP contribution in [0.2, 0.25) is 0 Å². The molecule has 0 aliphatic carbocycles. The molecule has 0 unspecified atom stereocenters. The van der Waals surface area contributed by atoms with Crippen LogP contribution < -0.4 is 0 Å². The first kappa shape index (κ1) is 7.97. The van der Waals surface area contributed by atoms with Crippen LogP contribution in [-0.4, -0.2) is 15.3 Å². The zero-order valence-corrected chi connectivity index (χ0v) is 7.44. The third-order valence-electron chi connectivity index (χ3n) is 1.62. The molecule has 2 rings (SSSR count). The summed E-state index contributed by atoms with van der Waals surface area (Å²) >= 11 is 0. The third-order valence-corrected chi connectivity index (χ3v) is 1.62. The molecule has 2 aromatic heterocycles. The lowest BCUT2D eigenvalue weighted by atomic mass is 10.4. The van der Waals surface area contributed by atoms with Gasteiger partial charge in [-0.2, -0.15) is 4.98 Å². The Morgan fingerprint density at radius 3 is 2.69 bits per heavy atom. The number of rotatable bonds is 2. The van der Waals surface area contributed by atoms with Gasteiger partial charge in [-0.05, 0) is 6.92 Å². The second-order valence-corrected chi connectivity index (χ2v) is 2.70. The summed E-state index contributed by atoms with van der Waals surface area (Å²) in [6.45, 7) is 3.80. The fourth-order valence-corrected chi connectivity index (χ4v) is 0.962. The van der Waals surface area contributed by atoms with E-state index in [9.17, 15) is 0 Å². The van der Waals surface area contributed by atoms with E-state index in [1.54, 1.807) is 6.07 Å². The van der Waals surface area contributed by atoms with Crippen molar-refractivity contribution in [1.82, 2.24) is 15.3 Å². The standard InChI is InChI=1S/C8H9N3O2/c1-3-7-9-8(13-11-7)6-4-5(2)10-12-6/h4H,3H2,1-2H3. The lowest BCUT2D eigenvalue weighted by molar-refractivity contribution is 0.380. The van der Waals surface area contributed by atoms with Gasteiger partial charge < -0.3 is 9.05 Å². The second-order valence-electron chi connectivity index (χ2n) is 2.70. The molecular formula is C8H9N3O2. The monoisotopic (exact) mass is 179 g/mol. The first-order chi connectivity index (χ1) is 6.29. The quantitative estimate of drug-likeness (QED) is 0.700. The van der Waals surface area contributed by atoms with Crippen molar-refractivity contribution in [3.63, 3.8) is 0 Å². The number of hydrogen-bond donors (Lipinski definition) is 0. The SMILES string of the molecule is CCc1noc(-c2cc(C)no2)n1. The highest BCUT2D eigenvalue weighted by molar-refractivity contribution is 5.43. The molecule has 0 atom stereocenters. The van der Waals surface area contributed by atoms with E-state index in [1.807, 2.05) is 13.8 Å². The number of aromatic nitrogens is 3. The van der Waals surface area contributed by atoms with Gasteiger partial charge >= 0.3 is 0 Å². The van der Waals surface area contributed by atoms with Gasteiger partial charge in [-0.3, -0.25) is 0 Å². The van der Waals surface area contributed by atoms with E-state index < -0.39 is 0 Å². The molecule has 0 N–H and O–H groups in total. The first-order valence-electron chi connectivity index (χ1n) is 4.06. The van der Waals surface area contributed by atoms with Gasteiger partial charge in [0.05, 0.1) is 5.69 Å². The van der Waals surface area contributed by atoms with Crippen LogP contribution in [0.4, 0.5) is 0 Å². The zero-order chi connectivity index (χ0) is 9.26. The molecule has 0 aliphatic heterocycles. The number of hydrogen-bond acceptors (Lipinski definition) is 5. The average Bonchev–Trinajstić information content (AvgIpc) is 2.71. The van der Waals surface area contributed by atoms with E-state index in [0.29, 0.717) is 17.5 Å². The fourth-order valence-electron chi connectivity index (χ4n) is 0.962. The zero-order valence-electron chi connectivity index (χ0n) is 7.44. The van der Waals surface area contributed by atoms with Crippen LogP contribution in [0.25, 0.3) is 11.7 Å². The van der Waals surface area contributed by atoms with E-state index in [2.05, 4.69) is 15.3 Å². The lowest BCUT2D eigenvalue weighted by Gasteiger charge is -1.80. The van der Waals surface area contributed by atoms with Crippen LogP contribution in [0, 0.1) is 6.92 Å². The Hall–Kier alpha value is -1.65. The van der Waals surface area contributed by atoms with Gasteiger partial charge in [0.1, 0.15) is 0 Å². The molecule has 5 heteroatoms. The summed E-state index contributed by atoms with van der Waals surface area (Å²) < 4.78 is 9.92. The first-order valence-corrected chi connectivity index (χ1v) is 4.06. The van der Waals surface area contributed by atoms with Crippen molar-refractivity contribution >= 4 is 0 Å². The summed E-state index contributed by atoms with van der Waals surface area (Å²) in [5.41, 5.74) is 0.797. The molecule has 0 bridgehead atoms. The average molecular weight is 179 g/mol.